The molecule has 0 radical (unpaired) electrons. The normalized spacial score (nSPS) is 21.6. The van der Waals surface area contributed by atoms with E-state index in [4.69, 9.17) is 0 Å². The Morgan fingerprint density at radius 3 is 1.83 bits per heavy atom. The highest BCUT2D eigenvalue weighted by atomic mass is 19.1. The Morgan fingerprint density at radius 1 is 0.792 bits per heavy atom. The van der Waals surface area contributed by atoms with Gasteiger partial charge >= 0.3 is 0 Å². The average molecular weight is 322 g/mol. The van der Waals surface area contributed by atoms with E-state index in [-0.39, 0.29) is 5.82 Å². The summed E-state index contributed by atoms with van der Waals surface area (Å²) in [5.74, 6) is 1.35. The molecule has 0 atom stereocenters. The second kappa shape index (κ2) is 8.00. The van der Waals surface area contributed by atoms with E-state index in [0.717, 1.165) is 17.0 Å². The van der Waals surface area contributed by atoms with Crippen LogP contribution in [-0.2, 0) is 0 Å². The zero-order valence-corrected chi connectivity index (χ0v) is 14.0. The third kappa shape index (κ3) is 4.60. The summed E-state index contributed by atoms with van der Waals surface area (Å²) in [6, 6.07) is 14.8. The molecule has 24 heavy (non-hydrogen) atoms. The zero-order valence-electron chi connectivity index (χ0n) is 14.0. The summed E-state index contributed by atoms with van der Waals surface area (Å²) in [5, 5.41) is 8.07. The van der Waals surface area contributed by atoms with Crippen LogP contribution in [0.3, 0.4) is 0 Å². The predicted octanol–water partition coefficient (Wildman–Crippen LogP) is 5.57. The topological polar surface area (TPSA) is 24.7 Å². The highest BCUT2D eigenvalue weighted by Gasteiger charge is 2.19. The molecule has 1 fully saturated rings. The van der Waals surface area contributed by atoms with E-state index in [1.165, 1.54) is 43.4 Å². The third-order valence-electron chi connectivity index (χ3n) is 4.77. The van der Waals surface area contributed by atoms with Crippen LogP contribution >= 0.6 is 0 Å². The number of rotatable bonds is 4. The Hall–Kier alpha value is -2.29. The standard InChI is InChI=1S/C21H23FN2/c1-16-2-8-19(9-3-16)20-10-4-17(5-11-20)14-23-24-15-18-6-12-21(22)13-7-18/h4-7,10-16,19H,2-3,8-9H2,1H3. The van der Waals surface area contributed by atoms with Crippen LogP contribution in [0.25, 0.3) is 0 Å². The fraction of sp³-hybridized carbons (Fsp3) is 0.333. The Morgan fingerprint density at radius 2 is 1.29 bits per heavy atom. The maximum absolute atomic E-state index is 12.8. The molecule has 0 amide bonds. The molecule has 1 aliphatic rings. The van der Waals surface area contributed by atoms with Crippen molar-refractivity contribution in [3.05, 3.63) is 71.0 Å². The van der Waals surface area contributed by atoms with Gasteiger partial charge in [0.15, 0.2) is 0 Å². The largest absolute Gasteiger partial charge is 0.207 e. The third-order valence-corrected chi connectivity index (χ3v) is 4.77. The molecule has 0 unspecified atom stereocenters. The molecular weight excluding hydrogens is 299 g/mol. The quantitative estimate of drug-likeness (QED) is 0.519. The van der Waals surface area contributed by atoms with Gasteiger partial charge < -0.3 is 0 Å². The molecule has 3 heteroatoms. The summed E-state index contributed by atoms with van der Waals surface area (Å²) in [6.45, 7) is 2.35. The first kappa shape index (κ1) is 16.6. The van der Waals surface area contributed by atoms with E-state index in [2.05, 4.69) is 41.4 Å². The zero-order chi connectivity index (χ0) is 16.8. The summed E-state index contributed by atoms with van der Waals surface area (Å²) in [5.41, 5.74) is 3.31. The SMILES string of the molecule is CC1CCC(c2ccc(C=NN=Cc3ccc(F)cc3)cc2)CC1. The summed E-state index contributed by atoms with van der Waals surface area (Å²) in [7, 11) is 0. The molecule has 1 aliphatic carbocycles. The number of hydrogen-bond acceptors (Lipinski definition) is 2. The van der Waals surface area contributed by atoms with Gasteiger partial charge in [-0.3, -0.25) is 0 Å². The minimum Gasteiger partial charge on any atom is -0.207 e. The Bertz CT molecular complexity index is 694. The van der Waals surface area contributed by atoms with Crippen molar-refractivity contribution in [2.45, 2.75) is 38.5 Å². The lowest BCUT2D eigenvalue weighted by Crippen LogP contribution is -2.10. The first-order chi connectivity index (χ1) is 11.7. The summed E-state index contributed by atoms with van der Waals surface area (Å²) < 4.78 is 12.8. The molecule has 0 N–H and O–H groups in total. The van der Waals surface area contributed by atoms with E-state index in [9.17, 15) is 4.39 Å². The molecule has 0 bridgehead atoms. The molecule has 0 aromatic heterocycles. The van der Waals surface area contributed by atoms with Crippen LogP contribution < -0.4 is 0 Å². The molecule has 2 nitrogen and oxygen atoms in total. The summed E-state index contributed by atoms with van der Waals surface area (Å²) >= 11 is 0. The van der Waals surface area contributed by atoms with Gasteiger partial charge in [0.05, 0.1) is 12.4 Å². The van der Waals surface area contributed by atoms with Crippen LogP contribution in [-0.4, -0.2) is 12.4 Å². The molecule has 2 aromatic rings. The maximum Gasteiger partial charge on any atom is 0.123 e. The Kier molecular flexibility index (Phi) is 5.52. The molecule has 124 valence electrons. The van der Waals surface area contributed by atoms with E-state index in [1.54, 1.807) is 24.6 Å². The van der Waals surface area contributed by atoms with Gasteiger partial charge in [0.25, 0.3) is 0 Å². The smallest absolute Gasteiger partial charge is 0.123 e. The van der Waals surface area contributed by atoms with Crippen molar-refractivity contribution in [2.24, 2.45) is 16.1 Å². The van der Waals surface area contributed by atoms with E-state index >= 15 is 0 Å². The molecule has 0 heterocycles. The lowest BCUT2D eigenvalue weighted by atomic mass is 9.79. The van der Waals surface area contributed by atoms with Gasteiger partial charge in [0.2, 0.25) is 0 Å². The second-order valence-corrected chi connectivity index (χ2v) is 6.66. The van der Waals surface area contributed by atoms with Gasteiger partial charge in [0.1, 0.15) is 5.82 Å². The molecule has 3 rings (SSSR count). The summed E-state index contributed by atoms with van der Waals surface area (Å²) in [6.07, 6.45) is 8.64. The molecule has 1 saturated carbocycles. The molecule has 0 saturated heterocycles. The number of hydrogen-bond donors (Lipinski definition) is 0. The fourth-order valence-electron chi connectivity index (χ4n) is 3.20. The van der Waals surface area contributed by atoms with Gasteiger partial charge in [-0.1, -0.05) is 56.2 Å². The number of halogens is 1. The highest BCUT2D eigenvalue weighted by molar-refractivity contribution is 5.82. The van der Waals surface area contributed by atoms with Gasteiger partial charge in [0, 0.05) is 0 Å². The van der Waals surface area contributed by atoms with Crippen LogP contribution in [0.1, 0.15) is 55.2 Å². The van der Waals surface area contributed by atoms with Gasteiger partial charge in [-0.05, 0) is 53.5 Å². The number of benzene rings is 2. The molecular formula is C21H23FN2. The lowest BCUT2D eigenvalue weighted by molar-refractivity contribution is 0.348. The van der Waals surface area contributed by atoms with Crippen molar-refractivity contribution in [1.29, 1.82) is 0 Å². The van der Waals surface area contributed by atoms with E-state index in [0.29, 0.717) is 5.92 Å². The molecule has 0 spiro atoms. The molecule has 0 aliphatic heterocycles. The minimum atomic E-state index is -0.247. The average Bonchev–Trinajstić information content (AvgIpc) is 2.62. The van der Waals surface area contributed by atoms with Crippen LogP contribution in [0, 0.1) is 11.7 Å². The van der Waals surface area contributed by atoms with Crippen LogP contribution in [0.5, 0.6) is 0 Å². The molecule has 2 aromatic carbocycles. The maximum atomic E-state index is 12.8. The first-order valence-corrected chi connectivity index (χ1v) is 8.62. The van der Waals surface area contributed by atoms with E-state index in [1.807, 2.05) is 0 Å². The van der Waals surface area contributed by atoms with Crippen LogP contribution in [0.2, 0.25) is 0 Å². The van der Waals surface area contributed by atoms with Crippen molar-refractivity contribution < 1.29 is 4.39 Å². The first-order valence-electron chi connectivity index (χ1n) is 8.62. The Labute approximate surface area is 143 Å². The lowest BCUT2D eigenvalue weighted by Gasteiger charge is -2.26. The van der Waals surface area contributed by atoms with Crippen molar-refractivity contribution in [1.82, 2.24) is 0 Å². The number of nitrogens with zero attached hydrogens (tertiary/aromatic N) is 2. The van der Waals surface area contributed by atoms with Crippen LogP contribution in [0.4, 0.5) is 4.39 Å². The van der Waals surface area contributed by atoms with Gasteiger partial charge in [-0.25, -0.2) is 4.39 Å². The van der Waals surface area contributed by atoms with Gasteiger partial charge in [-0.2, -0.15) is 10.2 Å². The fourth-order valence-corrected chi connectivity index (χ4v) is 3.20. The monoisotopic (exact) mass is 322 g/mol. The highest BCUT2D eigenvalue weighted by Crippen LogP contribution is 2.35. The van der Waals surface area contributed by atoms with Crippen molar-refractivity contribution >= 4 is 12.4 Å². The van der Waals surface area contributed by atoms with Crippen LogP contribution in [0.15, 0.2) is 58.7 Å². The van der Waals surface area contributed by atoms with Crippen molar-refractivity contribution in [3.8, 4) is 0 Å². The second-order valence-electron chi connectivity index (χ2n) is 6.66. The van der Waals surface area contributed by atoms with E-state index < -0.39 is 0 Å². The van der Waals surface area contributed by atoms with Gasteiger partial charge in [-0.15, -0.1) is 0 Å². The predicted molar refractivity (Wildman–Crippen MR) is 98.4 cm³/mol. The van der Waals surface area contributed by atoms with Crippen molar-refractivity contribution in [2.75, 3.05) is 0 Å². The Balaban J connectivity index is 1.56. The van der Waals surface area contributed by atoms with Crippen molar-refractivity contribution in [3.63, 3.8) is 0 Å². The minimum absolute atomic E-state index is 0.247. The summed E-state index contributed by atoms with van der Waals surface area (Å²) in [4.78, 5) is 0.